The molecule has 1 saturated carbocycles. The van der Waals surface area contributed by atoms with Crippen LogP contribution in [0.25, 0.3) is 11.3 Å². The zero-order chi connectivity index (χ0) is 21.0. The number of nitrogens with zero attached hydrogens (tertiary/aromatic N) is 3. The molecule has 0 bridgehead atoms. The van der Waals surface area contributed by atoms with Crippen LogP contribution < -0.4 is 0 Å². The van der Waals surface area contributed by atoms with E-state index in [0.717, 1.165) is 54.3 Å². The first-order valence-corrected chi connectivity index (χ1v) is 11.1. The summed E-state index contributed by atoms with van der Waals surface area (Å²) in [6, 6.07) is 10.1. The molecule has 31 heavy (non-hydrogen) atoms. The van der Waals surface area contributed by atoms with Crippen LogP contribution >= 0.6 is 0 Å². The van der Waals surface area contributed by atoms with E-state index in [1.807, 2.05) is 48.0 Å². The van der Waals surface area contributed by atoms with Crippen molar-refractivity contribution in [1.82, 2.24) is 14.7 Å². The lowest BCUT2D eigenvalue weighted by atomic mass is 10.1. The molecule has 1 aliphatic heterocycles. The van der Waals surface area contributed by atoms with Crippen LogP contribution in [0.4, 0.5) is 0 Å². The van der Waals surface area contributed by atoms with Gasteiger partial charge >= 0.3 is 0 Å². The monoisotopic (exact) mass is 417 g/mol. The van der Waals surface area contributed by atoms with Crippen molar-refractivity contribution in [3.63, 3.8) is 0 Å². The average Bonchev–Trinajstić information content (AvgIpc) is 3.31. The number of imidazole rings is 1. The average molecular weight is 418 g/mol. The molecular formula is C25H27N3O3. The molecule has 1 aromatic carbocycles. The molecule has 2 atom stereocenters. The van der Waals surface area contributed by atoms with Gasteiger partial charge in [0.25, 0.3) is 0 Å². The molecule has 0 N–H and O–H groups in total. The van der Waals surface area contributed by atoms with Gasteiger partial charge in [0, 0.05) is 42.1 Å². The first-order valence-electron chi connectivity index (χ1n) is 11.1. The molecule has 6 heteroatoms. The summed E-state index contributed by atoms with van der Waals surface area (Å²) in [6.07, 6.45) is 9.09. The van der Waals surface area contributed by atoms with Crippen LogP contribution in [0.2, 0.25) is 0 Å². The van der Waals surface area contributed by atoms with Crippen LogP contribution in [0.1, 0.15) is 62.2 Å². The first kappa shape index (κ1) is 20.0. The lowest BCUT2D eigenvalue weighted by Crippen LogP contribution is -2.24. The largest absolute Gasteiger partial charge is 0.356 e. The molecule has 5 rings (SSSR count). The van der Waals surface area contributed by atoms with Gasteiger partial charge in [0.1, 0.15) is 17.6 Å². The number of rotatable bonds is 6. The van der Waals surface area contributed by atoms with Gasteiger partial charge in [0.2, 0.25) is 0 Å². The van der Waals surface area contributed by atoms with E-state index in [9.17, 15) is 0 Å². The summed E-state index contributed by atoms with van der Waals surface area (Å²) in [7, 11) is 0. The van der Waals surface area contributed by atoms with Crippen molar-refractivity contribution in [2.75, 3.05) is 6.61 Å². The van der Waals surface area contributed by atoms with Crippen LogP contribution in [0, 0.1) is 17.8 Å². The summed E-state index contributed by atoms with van der Waals surface area (Å²) < 4.78 is 19.4. The smallest absolute Gasteiger partial charge is 0.167 e. The lowest BCUT2D eigenvalue weighted by molar-refractivity contribution is -0.188. The highest BCUT2D eigenvalue weighted by atomic mass is 16.7. The van der Waals surface area contributed by atoms with E-state index in [0.29, 0.717) is 12.5 Å². The molecule has 2 aliphatic rings. The normalized spacial score (nSPS) is 19.6. The second-order valence-electron chi connectivity index (χ2n) is 8.29. The third-order valence-corrected chi connectivity index (χ3v) is 5.66. The fraction of sp³-hybridized carbons (Fsp3) is 0.440. The van der Waals surface area contributed by atoms with E-state index >= 15 is 0 Å². The Kier molecular flexibility index (Phi) is 5.88. The van der Waals surface area contributed by atoms with Crippen LogP contribution in [-0.2, 0) is 16.0 Å². The van der Waals surface area contributed by atoms with Gasteiger partial charge in [-0.25, -0.2) is 4.98 Å². The van der Waals surface area contributed by atoms with Gasteiger partial charge < -0.3 is 18.6 Å². The maximum atomic E-state index is 6.08. The maximum absolute atomic E-state index is 6.08. The number of hydrogen-bond donors (Lipinski definition) is 0. The maximum Gasteiger partial charge on any atom is 0.167 e. The van der Waals surface area contributed by atoms with Gasteiger partial charge in [0.05, 0.1) is 6.54 Å². The molecule has 1 saturated heterocycles. The summed E-state index contributed by atoms with van der Waals surface area (Å²) in [5.74, 6) is 8.74. The van der Waals surface area contributed by atoms with E-state index in [-0.39, 0.29) is 12.4 Å². The van der Waals surface area contributed by atoms with E-state index in [4.69, 9.17) is 14.0 Å². The zero-order valence-corrected chi connectivity index (χ0v) is 17.8. The van der Waals surface area contributed by atoms with Gasteiger partial charge in [-0.2, -0.15) is 0 Å². The summed E-state index contributed by atoms with van der Waals surface area (Å²) in [4.78, 5) is 4.50. The van der Waals surface area contributed by atoms with Crippen molar-refractivity contribution in [2.24, 2.45) is 5.92 Å². The van der Waals surface area contributed by atoms with Crippen molar-refractivity contribution in [3.8, 4) is 23.2 Å². The fourth-order valence-corrected chi connectivity index (χ4v) is 3.75. The van der Waals surface area contributed by atoms with Gasteiger partial charge in [-0.05, 0) is 63.3 Å². The second kappa shape index (κ2) is 9.09. The molecule has 3 aromatic rings. The van der Waals surface area contributed by atoms with Gasteiger partial charge in [-0.15, -0.1) is 0 Å². The summed E-state index contributed by atoms with van der Waals surface area (Å²) in [5, 5.41) is 4.26. The van der Waals surface area contributed by atoms with Crippen molar-refractivity contribution in [2.45, 2.75) is 58.0 Å². The van der Waals surface area contributed by atoms with E-state index in [1.165, 1.54) is 12.8 Å². The third-order valence-electron chi connectivity index (χ3n) is 5.66. The second-order valence-corrected chi connectivity index (χ2v) is 8.29. The molecule has 0 spiro atoms. The number of ether oxygens (including phenoxy) is 2. The summed E-state index contributed by atoms with van der Waals surface area (Å²) in [6.45, 7) is 3.35. The van der Waals surface area contributed by atoms with Crippen molar-refractivity contribution < 1.29 is 14.0 Å². The van der Waals surface area contributed by atoms with Gasteiger partial charge in [-0.1, -0.05) is 17.0 Å². The quantitative estimate of drug-likeness (QED) is 0.531. The highest BCUT2D eigenvalue weighted by Crippen LogP contribution is 2.28. The Morgan fingerprint density at radius 2 is 2.06 bits per heavy atom. The molecule has 1 aliphatic carbocycles. The number of benzene rings is 1. The van der Waals surface area contributed by atoms with Crippen LogP contribution in [0.3, 0.4) is 0 Å². The molecular weight excluding hydrogens is 390 g/mol. The summed E-state index contributed by atoms with van der Waals surface area (Å²) in [5.41, 5.74) is 2.87. The molecule has 0 amide bonds. The van der Waals surface area contributed by atoms with Crippen LogP contribution in [0.5, 0.6) is 0 Å². The Balaban J connectivity index is 1.24. The fourth-order valence-electron chi connectivity index (χ4n) is 3.75. The van der Waals surface area contributed by atoms with Crippen molar-refractivity contribution in [1.29, 1.82) is 0 Å². The molecule has 2 fully saturated rings. The van der Waals surface area contributed by atoms with Crippen LogP contribution in [0.15, 0.2) is 47.2 Å². The standard InChI is InChI=1S/C25H27N3O3/c1-18(30-24-4-2-3-15-29-24)25-26-13-14-28(25)17-22-16-23(31-27-22)21-11-9-20(10-12-21)8-7-19-5-6-19/h9-14,16,18-19,24H,2-6,15,17H2,1H3/t18-,24?/m0/s1. The van der Waals surface area contributed by atoms with Gasteiger partial charge in [-0.3, -0.25) is 0 Å². The Labute approximate surface area is 182 Å². The predicted octanol–water partition coefficient (Wildman–Crippen LogP) is 4.95. The molecule has 6 nitrogen and oxygen atoms in total. The minimum Gasteiger partial charge on any atom is -0.356 e. The minimum absolute atomic E-state index is 0.149. The topological polar surface area (TPSA) is 62.3 Å². The van der Waals surface area contributed by atoms with Gasteiger partial charge in [0.15, 0.2) is 12.1 Å². The first-order chi connectivity index (χ1) is 15.2. The van der Waals surface area contributed by atoms with E-state index < -0.39 is 0 Å². The predicted molar refractivity (Wildman–Crippen MR) is 116 cm³/mol. The Hall–Kier alpha value is -2.88. The Morgan fingerprint density at radius 1 is 1.19 bits per heavy atom. The van der Waals surface area contributed by atoms with E-state index in [1.54, 1.807) is 6.20 Å². The minimum atomic E-state index is -0.159. The van der Waals surface area contributed by atoms with E-state index in [2.05, 4.69) is 22.0 Å². The molecule has 3 heterocycles. The zero-order valence-electron chi connectivity index (χ0n) is 17.8. The van der Waals surface area contributed by atoms with Crippen molar-refractivity contribution in [3.05, 3.63) is 59.8 Å². The molecule has 2 aromatic heterocycles. The Morgan fingerprint density at radius 3 is 2.84 bits per heavy atom. The molecule has 0 radical (unpaired) electrons. The highest BCUT2D eigenvalue weighted by Gasteiger charge is 2.21. The third kappa shape index (κ3) is 5.07. The summed E-state index contributed by atoms with van der Waals surface area (Å²) >= 11 is 0. The molecule has 1 unspecified atom stereocenters. The molecule has 160 valence electrons. The Bertz CT molecular complexity index is 1060. The highest BCUT2D eigenvalue weighted by molar-refractivity contribution is 5.59. The number of hydrogen-bond acceptors (Lipinski definition) is 5. The van der Waals surface area contributed by atoms with Crippen molar-refractivity contribution >= 4 is 0 Å². The lowest BCUT2D eigenvalue weighted by Gasteiger charge is -2.26. The number of aromatic nitrogens is 3. The van der Waals surface area contributed by atoms with Crippen LogP contribution in [-0.4, -0.2) is 27.6 Å². The SMILES string of the molecule is C[C@H](OC1CCCCO1)c1nccn1Cc1cc(-c2ccc(C#CC3CC3)cc2)on1.